The third-order valence-electron chi connectivity index (χ3n) is 4.91. The fraction of sp³-hybridized carbons (Fsp3) is 0.381. The van der Waals surface area contributed by atoms with Gasteiger partial charge in [0.2, 0.25) is 15.9 Å². The molecule has 0 bridgehead atoms. The van der Waals surface area contributed by atoms with Crippen molar-refractivity contribution >= 4 is 21.6 Å². The topological polar surface area (TPSA) is 75.7 Å². The van der Waals surface area contributed by atoms with Gasteiger partial charge in [0.05, 0.1) is 11.3 Å². The molecule has 1 aliphatic rings. The maximum atomic E-state index is 12.8. The number of carbonyl (C=O) groups is 1. The first-order valence-electron chi connectivity index (χ1n) is 9.68. The average Bonchev–Trinajstić information content (AvgIpc) is 2.69. The largest absolute Gasteiger partial charge is 0.435 e. The number of nitrogens with zero attached hydrogens (tertiary/aromatic N) is 1. The van der Waals surface area contributed by atoms with Crippen LogP contribution in [0, 0.1) is 5.92 Å². The van der Waals surface area contributed by atoms with Crippen LogP contribution in [-0.4, -0.2) is 38.3 Å². The SMILES string of the molecule is CC1CCCN(S(=O)(=O)c2ccc(NC(=O)Cc3ccc(OC(F)F)cc3)cc2)C1. The summed E-state index contributed by atoms with van der Waals surface area (Å²) < 4.78 is 55.7. The van der Waals surface area contributed by atoms with Crippen molar-refractivity contribution in [2.24, 2.45) is 5.92 Å². The van der Waals surface area contributed by atoms with E-state index in [1.165, 1.54) is 40.7 Å². The number of amides is 1. The van der Waals surface area contributed by atoms with E-state index in [1.807, 2.05) is 6.92 Å². The van der Waals surface area contributed by atoms with Crippen LogP contribution < -0.4 is 10.1 Å². The molecule has 3 rings (SSSR count). The van der Waals surface area contributed by atoms with Crippen molar-refractivity contribution in [2.75, 3.05) is 18.4 Å². The quantitative estimate of drug-likeness (QED) is 0.712. The van der Waals surface area contributed by atoms with Crippen LogP contribution >= 0.6 is 0 Å². The van der Waals surface area contributed by atoms with Gasteiger partial charge in [-0.15, -0.1) is 0 Å². The summed E-state index contributed by atoms with van der Waals surface area (Å²) in [6.45, 7) is 0.179. The summed E-state index contributed by atoms with van der Waals surface area (Å²) in [4.78, 5) is 12.4. The molecule has 0 saturated carbocycles. The lowest BCUT2D eigenvalue weighted by molar-refractivity contribution is -0.115. The molecule has 1 unspecified atom stereocenters. The summed E-state index contributed by atoms with van der Waals surface area (Å²) in [7, 11) is -3.55. The number of hydrogen-bond donors (Lipinski definition) is 1. The molecule has 1 N–H and O–H groups in total. The van der Waals surface area contributed by atoms with Gasteiger partial charge in [0.1, 0.15) is 5.75 Å². The lowest BCUT2D eigenvalue weighted by Gasteiger charge is -2.30. The van der Waals surface area contributed by atoms with Gasteiger partial charge in [-0.1, -0.05) is 19.1 Å². The highest BCUT2D eigenvalue weighted by Gasteiger charge is 2.28. The summed E-state index contributed by atoms with van der Waals surface area (Å²) in [5, 5.41) is 2.70. The molecule has 1 aliphatic heterocycles. The molecular formula is C21H24F2N2O4S. The van der Waals surface area contributed by atoms with E-state index in [2.05, 4.69) is 10.1 Å². The standard InChI is InChI=1S/C21H24F2N2O4S/c1-15-3-2-12-25(14-15)30(27,28)19-10-6-17(7-11-19)24-20(26)13-16-4-8-18(9-5-16)29-21(22)23/h4-11,15,21H,2-3,12-14H2,1H3,(H,24,26). The Balaban J connectivity index is 1.59. The number of rotatable bonds is 7. The van der Waals surface area contributed by atoms with Gasteiger partial charge in [-0.05, 0) is 60.7 Å². The molecule has 1 atom stereocenters. The van der Waals surface area contributed by atoms with Gasteiger partial charge in [0.25, 0.3) is 0 Å². The Morgan fingerprint density at radius 3 is 2.43 bits per heavy atom. The molecule has 2 aromatic carbocycles. The van der Waals surface area contributed by atoms with E-state index < -0.39 is 16.6 Å². The zero-order valence-electron chi connectivity index (χ0n) is 16.6. The Bertz CT molecular complexity index is 964. The van der Waals surface area contributed by atoms with Crippen LogP contribution in [0.3, 0.4) is 0 Å². The number of benzene rings is 2. The number of halogens is 2. The molecular weight excluding hydrogens is 414 g/mol. The van der Waals surface area contributed by atoms with Crippen LogP contribution in [0.4, 0.5) is 14.5 Å². The van der Waals surface area contributed by atoms with Crippen LogP contribution in [0.5, 0.6) is 5.75 Å². The third-order valence-corrected chi connectivity index (χ3v) is 6.79. The Morgan fingerprint density at radius 1 is 1.17 bits per heavy atom. The number of anilines is 1. The van der Waals surface area contributed by atoms with E-state index in [1.54, 1.807) is 12.1 Å². The van der Waals surface area contributed by atoms with Crippen molar-refractivity contribution < 1.29 is 26.7 Å². The zero-order chi connectivity index (χ0) is 21.7. The molecule has 0 aromatic heterocycles. The molecule has 1 heterocycles. The maximum absolute atomic E-state index is 12.8. The van der Waals surface area contributed by atoms with Gasteiger partial charge in [-0.2, -0.15) is 13.1 Å². The molecule has 9 heteroatoms. The molecule has 0 aliphatic carbocycles. The zero-order valence-corrected chi connectivity index (χ0v) is 17.4. The minimum absolute atomic E-state index is 0.0223. The minimum Gasteiger partial charge on any atom is -0.435 e. The molecule has 2 aromatic rings. The second kappa shape index (κ2) is 9.53. The van der Waals surface area contributed by atoms with Crippen molar-refractivity contribution in [3.8, 4) is 5.75 Å². The number of ether oxygens (including phenoxy) is 1. The van der Waals surface area contributed by atoms with Crippen LogP contribution in [0.1, 0.15) is 25.3 Å². The fourth-order valence-electron chi connectivity index (χ4n) is 3.40. The predicted octanol–water partition coefficient (Wildman–Crippen LogP) is 3.89. The third kappa shape index (κ3) is 5.76. The smallest absolute Gasteiger partial charge is 0.387 e. The van der Waals surface area contributed by atoms with Gasteiger partial charge in [-0.3, -0.25) is 4.79 Å². The number of nitrogens with one attached hydrogen (secondary N) is 1. The van der Waals surface area contributed by atoms with Crippen LogP contribution in [0.2, 0.25) is 0 Å². The summed E-state index contributed by atoms with van der Waals surface area (Å²) in [5.74, 6) is 0.0510. The number of piperidine rings is 1. The van der Waals surface area contributed by atoms with Crippen molar-refractivity contribution in [1.29, 1.82) is 0 Å². The van der Waals surface area contributed by atoms with Gasteiger partial charge in [0, 0.05) is 18.8 Å². The molecule has 162 valence electrons. The Hall–Kier alpha value is -2.52. The van der Waals surface area contributed by atoms with Crippen molar-refractivity contribution in [1.82, 2.24) is 4.31 Å². The molecule has 1 saturated heterocycles. The fourth-order valence-corrected chi connectivity index (χ4v) is 5.00. The Labute approximate surface area is 174 Å². The lowest BCUT2D eigenvalue weighted by atomic mass is 10.0. The first-order chi connectivity index (χ1) is 14.2. The first kappa shape index (κ1) is 22.2. The lowest BCUT2D eigenvalue weighted by Crippen LogP contribution is -2.39. The van der Waals surface area contributed by atoms with E-state index in [-0.39, 0.29) is 23.0 Å². The summed E-state index contributed by atoms with van der Waals surface area (Å²) in [6.07, 6.45) is 1.92. The van der Waals surface area contributed by atoms with Crippen molar-refractivity contribution in [3.05, 3.63) is 54.1 Å². The molecule has 1 amide bonds. The van der Waals surface area contributed by atoms with Gasteiger partial charge in [-0.25, -0.2) is 8.42 Å². The highest BCUT2D eigenvalue weighted by Crippen LogP contribution is 2.24. The van der Waals surface area contributed by atoms with Gasteiger partial charge < -0.3 is 10.1 Å². The maximum Gasteiger partial charge on any atom is 0.387 e. The number of hydrogen-bond acceptors (Lipinski definition) is 4. The number of sulfonamides is 1. The predicted molar refractivity (Wildman–Crippen MR) is 109 cm³/mol. The number of alkyl halides is 2. The van der Waals surface area contributed by atoms with Crippen molar-refractivity contribution in [2.45, 2.75) is 37.7 Å². The summed E-state index contributed by atoms with van der Waals surface area (Å²) in [5.41, 5.74) is 1.11. The van der Waals surface area contributed by atoms with Crippen LogP contribution in [0.15, 0.2) is 53.4 Å². The van der Waals surface area contributed by atoms with Gasteiger partial charge in [0.15, 0.2) is 0 Å². The van der Waals surface area contributed by atoms with E-state index in [4.69, 9.17) is 0 Å². The second-order valence-electron chi connectivity index (χ2n) is 7.38. The summed E-state index contributed by atoms with van der Waals surface area (Å²) in [6, 6.07) is 11.9. The molecule has 0 spiro atoms. The van der Waals surface area contributed by atoms with E-state index in [9.17, 15) is 22.0 Å². The van der Waals surface area contributed by atoms with Crippen LogP contribution in [0.25, 0.3) is 0 Å². The first-order valence-corrected chi connectivity index (χ1v) is 11.1. The highest BCUT2D eigenvalue weighted by atomic mass is 32.2. The van der Waals surface area contributed by atoms with E-state index >= 15 is 0 Å². The minimum atomic E-state index is -3.55. The molecule has 1 fully saturated rings. The van der Waals surface area contributed by atoms with E-state index in [0.29, 0.717) is 30.3 Å². The number of carbonyl (C=O) groups excluding carboxylic acids is 1. The van der Waals surface area contributed by atoms with E-state index in [0.717, 1.165) is 12.8 Å². The van der Waals surface area contributed by atoms with Crippen molar-refractivity contribution in [3.63, 3.8) is 0 Å². The Kier molecular flexibility index (Phi) is 7.04. The molecule has 6 nitrogen and oxygen atoms in total. The average molecular weight is 438 g/mol. The summed E-state index contributed by atoms with van der Waals surface area (Å²) >= 11 is 0. The molecule has 30 heavy (non-hydrogen) atoms. The highest BCUT2D eigenvalue weighted by molar-refractivity contribution is 7.89. The second-order valence-corrected chi connectivity index (χ2v) is 9.32. The van der Waals surface area contributed by atoms with Crippen LogP contribution in [-0.2, 0) is 21.2 Å². The normalized spacial score (nSPS) is 17.7. The monoisotopic (exact) mass is 438 g/mol. The Morgan fingerprint density at radius 2 is 1.83 bits per heavy atom. The van der Waals surface area contributed by atoms with Gasteiger partial charge >= 0.3 is 6.61 Å². The molecule has 0 radical (unpaired) electrons.